The fourth-order valence-corrected chi connectivity index (χ4v) is 3.65. The van der Waals surface area contributed by atoms with Crippen molar-refractivity contribution in [1.82, 2.24) is 5.32 Å². The van der Waals surface area contributed by atoms with Crippen molar-refractivity contribution in [2.24, 2.45) is 0 Å². The van der Waals surface area contributed by atoms with E-state index in [1.807, 2.05) is 72.8 Å². The van der Waals surface area contributed by atoms with Crippen LogP contribution in [-0.4, -0.2) is 31.1 Å². The summed E-state index contributed by atoms with van der Waals surface area (Å²) in [6, 6.07) is 24.4. The molecule has 29 heavy (non-hydrogen) atoms. The number of rotatable bonds is 9. The smallest absolute Gasteiger partial charge is 0.251 e. The van der Waals surface area contributed by atoms with Gasteiger partial charge in [-0.2, -0.15) is 0 Å². The van der Waals surface area contributed by atoms with E-state index in [1.165, 1.54) is 11.8 Å². The molecule has 0 aliphatic rings. The summed E-state index contributed by atoms with van der Waals surface area (Å²) in [5, 5.41) is 2.95. The second-order valence-corrected chi connectivity index (χ2v) is 7.51. The summed E-state index contributed by atoms with van der Waals surface area (Å²) in [4.78, 5) is 25.6. The van der Waals surface area contributed by atoms with Gasteiger partial charge in [0, 0.05) is 22.6 Å². The molecule has 3 rings (SSSR count). The molecule has 1 amide bonds. The van der Waals surface area contributed by atoms with Gasteiger partial charge >= 0.3 is 0 Å². The van der Waals surface area contributed by atoms with Crippen LogP contribution in [0.4, 0.5) is 0 Å². The number of thioether (sulfide) groups is 1. The van der Waals surface area contributed by atoms with Crippen molar-refractivity contribution in [3.63, 3.8) is 0 Å². The SMILES string of the molecule is COc1ccc(CCNC(=O)c2cccc(SCC(=O)c3ccccc3)c2)cc1. The number of hydrogen-bond donors (Lipinski definition) is 1. The summed E-state index contributed by atoms with van der Waals surface area (Å²) < 4.78 is 5.15. The van der Waals surface area contributed by atoms with Crippen molar-refractivity contribution >= 4 is 23.5 Å². The van der Waals surface area contributed by atoms with Crippen LogP contribution in [0, 0.1) is 0 Å². The molecule has 3 aromatic carbocycles. The second-order valence-electron chi connectivity index (χ2n) is 6.46. The van der Waals surface area contributed by atoms with E-state index in [9.17, 15) is 9.59 Å². The molecule has 0 fully saturated rings. The maximum atomic E-state index is 12.4. The van der Waals surface area contributed by atoms with Crippen LogP contribution in [0.1, 0.15) is 26.3 Å². The van der Waals surface area contributed by atoms with E-state index >= 15 is 0 Å². The topological polar surface area (TPSA) is 55.4 Å². The van der Waals surface area contributed by atoms with Crippen LogP contribution in [-0.2, 0) is 6.42 Å². The van der Waals surface area contributed by atoms with Crippen molar-refractivity contribution in [2.45, 2.75) is 11.3 Å². The Labute approximate surface area is 175 Å². The van der Waals surface area contributed by atoms with Crippen LogP contribution < -0.4 is 10.1 Å². The van der Waals surface area contributed by atoms with Gasteiger partial charge in [-0.1, -0.05) is 48.5 Å². The largest absolute Gasteiger partial charge is 0.497 e. The summed E-state index contributed by atoms with van der Waals surface area (Å²) in [7, 11) is 1.64. The van der Waals surface area contributed by atoms with Crippen LogP contribution in [0.5, 0.6) is 5.75 Å². The minimum atomic E-state index is -0.115. The first-order valence-corrected chi connectivity index (χ1v) is 10.4. The lowest BCUT2D eigenvalue weighted by Crippen LogP contribution is -2.25. The molecule has 0 saturated carbocycles. The summed E-state index contributed by atoms with van der Waals surface area (Å²) in [6.45, 7) is 0.551. The van der Waals surface area contributed by atoms with Gasteiger partial charge in [-0.25, -0.2) is 0 Å². The molecule has 0 bridgehead atoms. The highest BCUT2D eigenvalue weighted by atomic mass is 32.2. The molecule has 3 aromatic rings. The number of nitrogens with one attached hydrogen (secondary N) is 1. The Hall–Kier alpha value is -3.05. The van der Waals surface area contributed by atoms with Crippen molar-refractivity contribution < 1.29 is 14.3 Å². The summed E-state index contributed by atoms with van der Waals surface area (Å²) >= 11 is 1.44. The van der Waals surface area contributed by atoms with Gasteiger partial charge in [0.2, 0.25) is 0 Å². The van der Waals surface area contributed by atoms with Gasteiger partial charge in [-0.15, -0.1) is 11.8 Å². The number of carbonyl (C=O) groups excluding carboxylic acids is 2. The molecule has 4 nitrogen and oxygen atoms in total. The molecule has 0 heterocycles. The van der Waals surface area contributed by atoms with E-state index in [1.54, 1.807) is 13.2 Å². The van der Waals surface area contributed by atoms with Gasteiger partial charge in [0.05, 0.1) is 12.9 Å². The van der Waals surface area contributed by atoms with Crippen molar-refractivity contribution in [2.75, 3.05) is 19.4 Å². The van der Waals surface area contributed by atoms with Gasteiger partial charge < -0.3 is 10.1 Å². The summed E-state index contributed by atoms with van der Waals surface area (Å²) in [5.74, 6) is 1.12. The number of hydrogen-bond acceptors (Lipinski definition) is 4. The standard InChI is InChI=1S/C24H23NO3S/c1-28-21-12-10-18(11-13-21)14-15-25-24(27)20-8-5-9-22(16-20)29-17-23(26)19-6-3-2-4-7-19/h2-13,16H,14-15,17H2,1H3,(H,25,27). The van der Waals surface area contributed by atoms with Crippen LogP contribution in [0.15, 0.2) is 83.8 Å². The Bertz CT molecular complexity index is 955. The van der Waals surface area contributed by atoms with Gasteiger partial charge in [-0.05, 0) is 42.3 Å². The number of amides is 1. The molecular weight excluding hydrogens is 382 g/mol. The highest BCUT2D eigenvalue weighted by molar-refractivity contribution is 8.00. The number of benzene rings is 3. The fourth-order valence-electron chi connectivity index (χ4n) is 2.80. The summed E-state index contributed by atoms with van der Waals surface area (Å²) in [5.41, 5.74) is 2.43. The third-order valence-electron chi connectivity index (χ3n) is 4.42. The molecule has 0 aromatic heterocycles. The van der Waals surface area contributed by atoms with Crippen LogP contribution >= 0.6 is 11.8 Å². The Morgan fingerprint density at radius 1 is 0.897 bits per heavy atom. The third-order valence-corrected chi connectivity index (χ3v) is 5.41. The maximum Gasteiger partial charge on any atom is 0.251 e. The van der Waals surface area contributed by atoms with E-state index in [-0.39, 0.29) is 11.7 Å². The highest BCUT2D eigenvalue weighted by Crippen LogP contribution is 2.20. The zero-order valence-electron chi connectivity index (χ0n) is 16.3. The molecule has 1 N–H and O–H groups in total. The molecule has 0 atom stereocenters. The normalized spacial score (nSPS) is 10.4. The van der Waals surface area contributed by atoms with Crippen LogP contribution in [0.25, 0.3) is 0 Å². The van der Waals surface area contributed by atoms with Crippen molar-refractivity contribution in [1.29, 1.82) is 0 Å². The first-order chi connectivity index (χ1) is 14.2. The quantitative estimate of drug-likeness (QED) is 0.416. The second kappa shape index (κ2) is 10.5. The molecule has 0 aliphatic carbocycles. The average Bonchev–Trinajstić information content (AvgIpc) is 2.78. The Kier molecular flexibility index (Phi) is 7.47. The van der Waals surface area contributed by atoms with Gasteiger partial charge in [0.1, 0.15) is 5.75 Å². The Balaban J connectivity index is 1.50. The zero-order chi connectivity index (χ0) is 20.5. The minimum absolute atomic E-state index is 0.0740. The van der Waals surface area contributed by atoms with Gasteiger partial charge in [0.15, 0.2) is 5.78 Å². The average molecular weight is 406 g/mol. The van der Waals surface area contributed by atoms with Crippen molar-refractivity contribution in [3.05, 3.63) is 95.6 Å². The minimum Gasteiger partial charge on any atom is -0.497 e. The van der Waals surface area contributed by atoms with Crippen LogP contribution in [0.3, 0.4) is 0 Å². The molecule has 0 spiro atoms. The first kappa shape index (κ1) is 20.7. The van der Waals surface area contributed by atoms with E-state index in [0.717, 1.165) is 22.6 Å². The molecule has 0 saturated heterocycles. The highest BCUT2D eigenvalue weighted by Gasteiger charge is 2.09. The monoisotopic (exact) mass is 405 g/mol. The maximum absolute atomic E-state index is 12.4. The lowest BCUT2D eigenvalue weighted by atomic mass is 10.1. The number of ketones is 1. The number of methoxy groups -OCH3 is 1. The van der Waals surface area contributed by atoms with E-state index < -0.39 is 0 Å². The Morgan fingerprint density at radius 2 is 1.62 bits per heavy atom. The van der Waals surface area contributed by atoms with E-state index in [2.05, 4.69) is 5.32 Å². The lowest BCUT2D eigenvalue weighted by Gasteiger charge is -2.08. The fraction of sp³-hybridized carbons (Fsp3) is 0.167. The number of ether oxygens (including phenoxy) is 1. The Morgan fingerprint density at radius 3 is 2.34 bits per heavy atom. The van der Waals surface area contributed by atoms with Crippen molar-refractivity contribution in [3.8, 4) is 5.75 Å². The lowest BCUT2D eigenvalue weighted by molar-refractivity contribution is 0.0953. The zero-order valence-corrected chi connectivity index (χ0v) is 17.1. The summed E-state index contributed by atoms with van der Waals surface area (Å²) in [6.07, 6.45) is 0.746. The van der Waals surface area contributed by atoms with E-state index in [0.29, 0.717) is 23.4 Å². The molecule has 5 heteroatoms. The van der Waals surface area contributed by atoms with Gasteiger partial charge in [-0.3, -0.25) is 9.59 Å². The molecule has 0 radical (unpaired) electrons. The van der Waals surface area contributed by atoms with E-state index in [4.69, 9.17) is 4.74 Å². The molecule has 148 valence electrons. The molecule has 0 unspecified atom stereocenters. The number of Topliss-reactive ketones (excluding diaryl/α,β-unsaturated/α-hetero) is 1. The number of carbonyl (C=O) groups is 2. The molecular formula is C24H23NO3S. The third kappa shape index (κ3) is 6.22. The molecule has 0 aliphatic heterocycles. The predicted octanol–water partition coefficient (Wildman–Crippen LogP) is 4.64. The van der Waals surface area contributed by atoms with Gasteiger partial charge in [0.25, 0.3) is 5.91 Å². The predicted molar refractivity (Wildman–Crippen MR) is 117 cm³/mol. The van der Waals surface area contributed by atoms with Crippen LogP contribution in [0.2, 0.25) is 0 Å². The first-order valence-electron chi connectivity index (χ1n) is 9.38.